The van der Waals surface area contributed by atoms with Crippen LogP contribution < -0.4 is 14.2 Å². The van der Waals surface area contributed by atoms with Crippen LogP contribution >= 0.6 is 11.3 Å². The second kappa shape index (κ2) is 7.70. The maximum absolute atomic E-state index is 12.9. The van der Waals surface area contributed by atoms with Crippen LogP contribution in [-0.4, -0.2) is 25.0 Å². The normalized spacial score (nSPS) is 10.6. The Balaban J connectivity index is 1.64. The number of ketones is 1. The largest absolute Gasteiger partial charge is 0.497 e. The van der Waals surface area contributed by atoms with Gasteiger partial charge in [-0.25, -0.2) is 4.98 Å². The van der Waals surface area contributed by atoms with Crippen LogP contribution in [0.5, 0.6) is 23.0 Å². The highest BCUT2D eigenvalue weighted by Crippen LogP contribution is 2.34. The molecule has 0 fully saturated rings. The van der Waals surface area contributed by atoms with Gasteiger partial charge in [-0.1, -0.05) is 18.2 Å². The van der Waals surface area contributed by atoms with Gasteiger partial charge in [-0.15, -0.1) is 11.3 Å². The summed E-state index contributed by atoms with van der Waals surface area (Å²) >= 11 is 1.34. The second-order valence-corrected chi connectivity index (χ2v) is 6.99. The molecule has 0 amide bonds. The van der Waals surface area contributed by atoms with E-state index in [2.05, 4.69) is 4.98 Å². The molecule has 140 valence electrons. The third-order valence-electron chi connectivity index (χ3n) is 4.19. The maximum atomic E-state index is 12.9. The zero-order valence-corrected chi connectivity index (χ0v) is 16.2. The predicted octanol–water partition coefficient (Wildman–Crippen LogP) is 5.34. The Hall–Kier alpha value is -3.38. The molecule has 5 nitrogen and oxygen atoms in total. The fraction of sp³-hybridized carbons (Fsp3) is 0.0909. The molecule has 4 aromatic rings. The lowest BCUT2D eigenvalue weighted by Crippen LogP contribution is -2.01. The Labute approximate surface area is 166 Å². The van der Waals surface area contributed by atoms with Gasteiger partial charge in [0, 0.05) is 5.56 Å². The molecule has 6 heteroatoms. The molecule has 4 rings (SSSR count). The van der Waals surface area contributed by atoms with Crippen molar-refractivity contribution in [3.8, 4) is 23.0 Å². The molecule has 0 saturated carbocycles. The van der Waals surface area contributed by atoms with Crippen molar-refractivity contribution in [3.63, 3.8) is 0 Å². The third-order valence-corrected chi connectivity index (χ3v) is 5.20. The number of ether oxygens (including phenoxy) is 3. The minimum Gasteiger partial charge on any atom is -0.497 e. The number of hydrogen-bond donors (Lipinski definition) is 0. The number of hydrogen-bond acceptors (Lipinski definition) is 6. The van der Waals surface area contributed by atoms with Crippen LogP contribution in [0.15, 0.2) is 66.7 Å². The summed E-state index contributed by atoms with van der Waals surface area (Å²) in [5.74, 6) is 2.29. The number of methoxy groups -OCH3 is 2. The number of carbonyl (C=O) groups excluding carboxylic acids is 1. The number of nitrogens with zero attached hydrogens (tertiary/aromatic N) is 1. The van der Waals surface area contributed by atoms with Crippen molar-refractivity contribution in [3.05, 3.63) is 77.3 Å². The molecule has 0 spiro atoms. The lowest BCUT2D eigenvalue weighted by molar-refractivity contribution is 0.103. The van der Waals surface area contributed by atoms with E-state index in [0.29, 0.717) is 27.8 Å². The van der Waals surface area contributed by atoms with Crippen molar-refractivity contribution in [2.75, 3.05) is 14.2 Å². The smallest absolute Gasteiger partial charge is 0.221 e. The molecule has 3 aromatic carbocycles. The van der Waals surface area contributed by atoms with Crippen molar-refractivity contribution >= 4 is 27.3 Å². The summed E-state index contributed by atoms with van der Waals surface area (Å²) in [4.78, 5) is 17.4. The molecule has 1 heterocycles. The molecule has 28 heavy (non-hydrogen) atoms. The number of benzene rings is 3. The van der Waals surface area contributed by atoms with Crippen LogP contribution in [0.3, 0.4) is 0 Å². The van der Waals surface area contributed by atoms with E-state index in [1.807, 2.05) is 48.5 Å². The van der Waals surface area contributed by atoms with Gasteiger partial charge in [-0.3, -0.25) is 4.79 Å². The molecule has 0 aliphatic rings. The average Bonchev–Trinajstić information content (AvgIpc) is 3.17. The average molecular weight is 391 g/mol. The summed E-state index contributed by atoms with van der Waals surface area (Å²) in [6, 6.07) is 20.1. The Morgan fingerprint density at radius 3 is 2.43 bits per heavy atom. The fourth-order valence-electron chi connectivity index (χ4n) is 2.76. The number of para-hydroxylation sites is 1. The van der Waals surface area contributed by atoms with Crippen LogP contribution in [0.25, 0.3) is 10.2 Å². The molecule has 0 unspecified atom stereocenters. The van der Waals surface area contributed by atoms with Gasteiger partial charge < -0.3 is 14.2 Å². The fourth-order valence-corrected chi connectivity index (χ4v) is 3.72. The maximum Gasteiger partial charge on any atom is 0.221 e. The van der Waals surface area contributed by atoms with Crippen LogP contribution in [-0.2, 0) is 0 Å². The molecule has 0 aliphatic carbocycles. The van der Waals surface area contributed by atoms with Crippen LogP contribution in [0, 0.1) is 0 Å². The number of rotatable bonds is 6. The van der Waals surface area contributed by atoms with Gasteiger partial charge in [0.15, 0.2) is 16.5 Å². The summed E-state index contributed by atoms with van der Waals surface area (Å²) in [5, 5.41) is 0.419. The Morgan fingerprint density at radius 1 is 0.857 bits per heavy atom. The zero-order valence-electron chi connectivity index (χ0n) is 15.3. The molecule has 0 aliphatic heterocycles. The summed E-state index contributed by atoms with van der Waals surface area (Å²) < 4.78 is 17.4. The lowest BCUT2D eigenvalue weighted by atomic mass is 10.1. The minimum atomic E-state index is -0.162. The molecule has 0 radical (unpaired) electrons. The molecule has 0 N–H and O–H groups in total. The summed E-state index contributed by atoms with van der Waals surface area (Å²) in [6.07, 6.45) is 0. The van der Waals surface area contributed by atoms with Crippen LogP contribution in [0.1, 0.15) is 15.4 Å². The molecular weight excluding hydrogens is 374 g/mol. The predicted molar refractivity (Wildman–Crippen MR) is 109 cm³/mol. The molecular formula is C22H17NO4S. The first-order chi connectivity index (χ1) is 13.7. The first kappa shape index (κ1) is 18.0. The second-order valence-electron chi connectivity index (χ2n) is 5.96. The molecule has 1 aromatic heterocycles. The minimum absolute atomic E-state index is 0.162. The monoisotopic (exact) mass is 391 g/mol. The molecule has 0 atom stereocenters. The quantitative estimate of drug-likeness (QED) is 0.416. The van der Waals surface area contributed by atoms with Gasteiger partial charge in [-0.05, 0) is 48.5 Å². The van der Waals surface area contributed by atoms with Crippen LogP contribution in [0.4, 0.5) is 0 Å². The standard InChI is InChI=1S/C22H17NO4S/c1-25-16-9-10-17-20(13-16)28-22(23-17)21(24)14-8-11-18(19(12-14)26-2)27-15-6-4-3-5-7-15/h3-13H,1-2H3. The van der Waals surface area contributed by atoms with Crippen molar-refractivity contribution in [1.29, 1.82) is 0 Å². The van der Waals surface area contributed by atoms with E-state index in [-0.39, 0.29) is 5.78 Å². The summed E-state index contributed by atoms with van der Waals surface area (Å²) in [6.45, 7) is 0. The van der Waals surface area contributed by atoms with E-state index in [0.717, 1.165) is 16.0 Å². The van der Waals surface area contributed by atoms with E-state index < -0.39 is 0 Å². The first-order valence-electron chi connectivity index (χ1n) is 8.58. The van der Waals surface area contributed by atoms with Crippen molar-refractivity contribution < 1.29 is 19.0 Å². The van der Waals surface area contributed by atoms with E-state index >= 15 is 0 Å². The molecule has 0 saturated heterocycles. The van der Waals surface area contributed by atoms with Crippen LogP contribution in [0.2, 0.25) is 0 Å². The van der Waals surface area contributed by atoms with Crippen molar-refractivity contribution in [2.45, 2.75) is 0 Å². The van der Waals surface area contributed by atoms with Gasteiger partial charge in [0.1, 0.15) is 11.5 Å². The highest BCUT2D eigenvalue weighted by molar-refractivity contribution is 7.20. The zero-order chi connectivity index (χ0) is 19.5. The number of fused-ring (bicyclic) bond motifs is 1. The van der Waals surface area contributed by atoms with Crippen molar-refractivity contribution in [1.82, 2.24) is 4.98 Å². The van der Waals surface area contributed by atoms with Crippen molar-refractivity contribution in [2.24, 2.45) is 0 Å². The Morgan fingerprint density at radius 2 is 1.68 bits per heavy atom. The summed E-state index contributed by atoms with van der Waals surface area (Å²) in [5.41, 5.74) is 1.26. The van der Waals surface area contributed by atoms with E-state index in [4.69, 9.17) is 14.2 Å². The Kier molecular flexibility index (Phi) is 4.95. The van der Waals surface area contributed by atoms with Gasteiger partial charge in [0.2, 0.25) is 5.78 Å². The number of aromatic nitrogens is 1. The van der Waals surface area contributed by atoms with Gasteiger partial charge >= 0.3 is 0 Å². The highest BCUT2D eigenvalue weighted by Gasteiger charge is 2.17. The van der Waals surface area contributed by atoms with Gasteiger partial charge in [0.05, 0.1) is 24.4 Å². The third kappa shape index (κ3) is 3.54. The topological polar surface area (TPSA) is 57.7 Å². The van der Waals surface area contributed by atoms with Gasteiger partial charge in [0.25, 0.3) is 0 Å². The Bertz CT molecular complexity index is 1140. The van der Waals surface area contributed by atoms with E-state index in [1.165, 1.54) is 11.3 Å². The lowest BCUT2D eigenvalue weighted by Gasteiger charge is -2.11. The van der Waals surface area contributed by atoms with Gasteiger partial charge in [-0.2, -0.15) is 0 Å². The first-order valence-corrected chi connectivity index (χ1v) is 9.40. The van der Waals surface area contributed by atoms with E-state index in [1.54, 1.807) is 32.4 Å². The highest BCUT2D eigenvalue weighted by atomic mass is 32.1. The summed E-state index contributed by atoms with van der Waals surface area (Å²) in [7, 11) is 3.16. The molecule has 0 bridgehead atoms. The SMILES string of the molecule is COc1ccc2nc(C(=O)c3ccc(Oc4ccccc4)c(OC)c3)sc2c1. The number of thiazole rings is 1. The number of carbonyl (C=O) groups is 1. The van der Waals surface area contributed by atoms with E-state index in [9.17, 15) is 4.79 Å².